The molecule has 0 radical (unpaired) electrons. The maximum atomic E-state index is 2.61. The maximum absolute atomic E-state index is 2.61. The van der Waals surface area contributed by atoms with E-state index < -0.39 is 0 Å². The van der Waals surface area contributed by atoms with Crippen LogP contribution in [-0.2, 0) is 0 Å². The minimum atomic E-state index is 0.520. The van der Waals surface area contributed by atoms with Crippen molar-refractivity contribution in [3.8, 4) is 0 Å². The third-order valence-corrected chi connectivity index (χ3v) is 5.29. The van der Waals surface area contributed by atoms with Gasteiger partial charge >= 0.3 is 0 Å². The van der Waals surface area contributed by atoms with Crippen molar-refractivity contribution in [2.75, 3.05) is 0 Å². The van der Waals surface area contributed by atoms with E-state index >= 15 is 0 Å². The second-order valence-corrected chi connectivity index (χ2v) is 6.47. The summed E-state index contributed by atoms with van der Waals surface area (Å²) in [5, 5.41) is 0. The van der Waals surface area contributed by atoms with Crippen LogP contribution in [0.3, 0.4) is 0 Å². The van der Waals surface area contributed by atoms with Crippen molar-refractivity contribution in [1.29, 1.82) is 0 Å². The first-order valence-corrected chi connectivity index (χ1v) is 7.42. The van der Waals surface area contributed by atoms with E-state index in [0.29, 0.717) is 5.41 Å². The van der Waals surface area contributed by atoms with Crippen molar-refractivity contribution in [2.45, 2.75) is 66.2 Å². The average Bonchev–Trinajstić information content (AvgIpc) is 2.57. The lowest BCUT2D eigenvalue weighted by Gasteiger charge is -2.42. The average molecular weight is 232 g/mol. The van der Waals surface area contributed by atoms with Crippen molar-refractivity contribution < 1.29 is 0 Å². The van der Waals surface area contributed by atoms with Gasteiger partial charge in [-0.1, -0.05) is 50.0 Å². The molecule has 0 aromatic carbocycles. The molecule has 0 N–H and O–H groups in total. The van der Waals surface area contributed by atoms with E-state index in [9.17, 15) is 0 Å². The minimum Gasteiger partial charge on any atom is -0.0847 e. The molecule has 0 heteroatoms. The van der Waals surface area contributed by atoms with E-state index in [1.807, 2.05) is 0 Å². The summed E-state index contributed by atoms with van der Waals surface area (Å²) in [6, 6.07) is 0. The Balaban J connectivity index is 2.13. The highest BCUT2D eigenvalue weighted by Crippen LogP contribution is 2.55. The van der Waals surface area contributed by atoms with Crippen LogP contribution >= 0.6 is 0 Å². The fourth-order valence-corrected chi connectivity index (χ4v) is 4.07. The molecule has 0 aliphatic heterocycles. The SMILES string of the molecule is CCCC(C)=CC1CCCC2(C)C(C)=CCC12. The third-order valence-electron chi connectivity index (χ3n) is 5.29. The van der Waals surface area contributed by atoms with Gasteiger partial charge in [0.25, 0.3) is 0 Å². The van der Waals surface area contributed by atoms with Gasteiger partial charge in [0.05, 0.1) is 0 Å². The van der Waals surface area contributed by atoms with Crippen LogP contribution in [0.2, 0.25) is 0 Å². The lowest BCUT2D eigenvalue weighted by Crippen LogP contribution is -2.34. The van der Waals surface area contributed by atoms with Gasteiger partial charge in [-0.05, 0) is 56.8 Å². The number of rotatable bonds is 3. The Morgan fingerprint density at radius 2 is 2.29 bits per heavy atom. The lowest BCUT2D eigenvalue weighted by molar-refractivity contribution is 0.134. The molecule has 2 aliphatic carbocycles. The van der Waals surface area contributed by atoms with Gasteiger partial charge in [-0.3, -0.25) is 0 Å². The topological polar surface area (TPSA) is 0 Å². The molecule has 0 saturated heterocycles. The summed E-state index contributed by atoms with van der Waals surface area (Å²) in [4.78, 5) is 0. The highest BCUT2D eigenvalue weighted by Gasteiger charge is 2.44. The summed E-state index contributed by atoms with van der Waals surface area (Å²) in [6.45, 7) is 9.46. The standard InChI is InChI=1S/C17H28/c1-5-7-13(2)12-15-8-6-11-17(4)14(3)9-10-16(15)17/h9,12,15-16H,5-8,10-11H2,1-4H3. The summed E-state index contributed by atoms with van der Waals surface area (Å²) < 4.78 is 0. The molecule has 0 aromatic heterocycles. The second kappa shape index (κ2) is 5.00. The van der Waals surface area contributed by atoms with Gasteiger partial charge in [-0.2, -0.15) is 0 Å². The lowest BCUT2D eigenvalue weighted by atomic mass is 9.62. The van der Waals surface area contributed by atoms with Crippen LogP contribution in [-0.4, -0.2) is 0 Å². The summed E-state index contributed by atoms with van der Waals surface area (Å²) in [7, 11) is 0. The highest BCUT2D eigenvalue weighted by atomic mass is 14.5. The largest absolute Gasteiger partial charge is 0.0847 e. The normalized spacial score (nSPS) is 37.9. The van der Waals surface area contributed by atoms with E-state index in [-0.39, 0.29) is 0 Å². The first-order chi connectivity index (χ1) is 8.08. The monoisotopic (exact) mass is 232 g/mol. The summed E-state index contributed by atoms with van der Waals surface area (Å²) in [6.07, 6.45) is 13.3. The van der Waals surface area contributed by atoms with Gasteiger partial charge in [0, 0.05) is 0 Å². The van der Waals surface area contributed by atoms with Crippen LogP contribution in [0.25, 0.3) is 0 Å². The van der Waals surface area contributed by atoms with E-state index in [1.165, 1.54) is 38.5 Å². The molecule has 17 heavy (non-hydrogen) atoms. The van der Waals surface area contributed by atoms with Gasteiger partial charge < -0.3 is 0 Å². The molecule has 0 heterocycles. The third kappa shape index (κ3) is 2.37. The number of hydrogen-bond acceptors (Lipinski definition) is 0. The highest BCUT2D eigenvalue weighted by molar-refractivity contribution is 5.23. The van der Waals surface area contributed by atoms with Crippen molar-refractivity contribution in [1.82, 2.24) is 0 Å². The molecule has 1 fully saturated rings. The van der Waals surface area contributed by atoms with E-state index in [1.54, 1.807) is 11.1 Å². The van der Waals surface area contributed by atoms with Crippen LogP contribution in [0.15, 0.2) is 23.3 Å². The Kier molecular flexibility index (Phi) is 3.80. The van der Waals surface area contributed by atoms with Crippen LogP contribution in [0, 0.1) is 17.3 Å². The smallest absolute Gasteiger partial charge is 0.00823 e. The summed E-state index contributed by atoms with van der Waals surface area (Å²) in [5.74, 6) is 1.73. The van der Waals surface area contributed by atoms with Crippen LogP contribution < -0.4 is 0 Å². The Morgan fingerprint density at radius 1 is 1.53 bits per heavy atom. The minimum absolute atomic E-state index is 0.520. The summed E-state index contributed by atoms with van der Waals surface area (Å²) in [5.41, 5.74) is 3.80. The van der Waals surface area contributed by atoms with E-state index in [4.69, 9.17) is 0 Å². The fourth-order valence-electron chi connectivity index (χ4n) is 4.07. The summed E-state index contributed by atoms with van der Waals surface area (Å²) >= 11 is 0. The Morgan fingerprint density at radius 3 is 3.00 bits per heavy atom. The van der Waals surface area contributed by atoms with E-state index in [0.717, 1.165) is 11.8 Å². The fraction of sp³-hybridized carbons (Fsp3) is 0.765. The van der Waals surface area contributed by atoms with Crippen molar-refractivity contribution in [3.05, 3.63) is 23.3 Å². The maximum Gasteiger partial charge on any atom is -0.00823 e. The number of allylic oxidation sites excluding steroid dienone is 4. The first-order valence-electron chi connectivity index (χ1n) is 7.42. The predicted octanol–water partition coefficient (Wildman–Crippen LogP) is 5.51. The van der Waals surface area contributed by atoms with Crippen molar-refractivity contribution in [3.63, 3.8) is 0 Å². The zero-order valence-electron chi connectivity index (χ0n) is 12.1. The Bertz CT molecular complexity index is 334. The van der Waals surface area contributed by atoms with Crippen LogP contribution in [0.4, 0.5) is 0 Å². The van der Waals surface area contributed by atoms with Gasteiger partial charge in [-0.25, -0.2) is 0 Å². The molecule has 2 aliphatic rings. The predicted molar refractivity (Wildman–Crippen MR) is 76.0 cm³/mol. The van der Waals surface area contributed by atoms with Crippen molar-refractivity contribution in [2.24, 2.45) is 17.3 Å². The molecule has 96 valence electrons. The van der Waals surface area contributed by atoms with Gasteiger partial charge in [0.2, 0.25) is 0 Å². The molecule has 0 amide bonds. The van der Waals surface area contributed by atoms with Gasteiger partial charge in [0.15, 0.2) is 0 Å². The molecule has 0 nitrogen and oxygen atoms in total. The van der Waals surface area contributed by atoms with Gasteiger partial charge in [0.1, 0.15) is 0 Å². The molecule has 3 unspecified atom stereocenters. The zero-order chi connectivity index (χ0) is 12.5. The van der Waals surface area contributed by atoms with Crippen LogP contribution in [0.1, 0.15) is 66.2 Å². The van der Waals surface area contributed by atoms with Crippen LogP contribution in [0.5, 0.6) is 0 Å². The Hall–Kier alpha value is -0.520. The molecule has 0 aromatic rings. The Labute approximate surface area is 107 Å². The molecule has 1 saturated carbocycles. The number of hydrogen-bond donors (Lipinski definition) is 0. The molecular weight excluding hydrogens is 204 g/mol. The zero-order valence-corrected chi connectivity index (χ0v) is 12.1. The molecular formula is C17H28. The molecule has 3 atom stereocenters. The van der Waals surface area contributed by atoms with E-state index in [2.05, 4.69) is 39.8 Å². The first kappa shape index (κ1) is 12.9. The molecule has 0 spiro atoms. The molecule has 2 rings (SSSR count). The quantitative estimate of drug-likeness (QED) is 0.563. The second-order valence-electron chi connectivity index (χ2n) is 6.47. The van der Waals surface area contributed by atoms with Gasteiger partial charge in [-0.15, -0.1) is 0 Å². The van der Waals surface area contributed by atoms with Crippen molar-refractivity contribution >= 4 is 0 Å². The number of fused-ring (bicyclic) bond motifs is 1. The molecule has 0 bridgehead atoms.